The van der Waals surface area contributed by atoms with E-state index in [2.05, 4.69) is 26.8 Å². The summed E-state index contributed by atoms with van der Waals surface area (Å²) in [4.78, 5) is 24.0. The molecular formula is C20H26O2. The summed E-state index contributed by atoms with van der Waals surface area (Å²) in [6.07, 6.45) is 9.80. The van der Waals surface area contributed by atoms with Gasteiger partial charge in [-0.25, -0.2) is 0 Å². The molecule has 0 aromatic heterocycles. The molecule has 2 heteroatoms. The van der Waals surface area contributed by atoms with Crippen molar-refractivity contribution >= 4 is 11.6 Å². The quantitative estimate of drug-likeness (QED) is 0.670. The molecule has 4 aliphatic rings. The van der Waals surface area contributed by atoms with Crippen LogP contribution in [-0.4, -0.2) is 11.6 Å². The van der Waals surface area contributed by atoms with Crippen molar-refractivity contribution in [1.29, 1.82) is 0 Å². The van der Waals surface area contributed by atoms with E-state index in [1.807, 2.05) is 6.08 Å². The zero-order valence-corrected chi connectivity index (χ0v) is 13.9. The van der Waals surface area contributed by atoms with Crippen LogP contribution < -0.4 is 0 Å². The molecule has 0 spiro atoms. The molecule has 0 aromatic rings. The molecule has 0 N–H and O–H groups in total. The molecule has 0 aliphatic heterocycles. The first-order valence-corrected chi connectivity index (χ1v) is 8.78. The van der Waals surface area contributed by atoms with Gasteiger partial charge in [-0.15, -0.1) is 0 Å². The van der Waals surface area contributed by atoms with Gasteiger partial charge in [0.05, 0.1) is 0 Å². The molecule has 2 nitrogen and oxygen atoms in total. The summed E-state index contributed by atoms with van der Waals surface area (Å²) in [7, 11) is 0. The molecule has 2 saturated carbocycles. The lowest BCUT2D eigenvalue weighted by Gasteiger charge is -2.56. The molecule has 0 unspecified atom stereocenters. The van der Waals surface area contributed by atoms with Gasteiger partial charge < -0.3 is 0 Å². The summed E-state index contributed by atoms with van der Waals surface area (Å²) in [5.74, 6) is 2.42. The summed E-state index contributed by atoms with van der Waals surface area (Å²) in [6.45, 7) is 6.93. The number of ketones is 2. The molecule has 0 bridgehead atoms. The first-order chi connectivity index (χ1) is 10.3. The highest BCUT2D eigenvalue weighted by Gasteiger charge is 2.57. The predicted molar refractivity (Wildman–Crippen MR) is 86.2 cm³/mol. The van der Waals surface area contributed by atoms with Crippen molar-refractivity contribution in [1.82, 2.24) is 0 Å². The van der Waals surface area contributed by atoms with Crippen LogP contribution in [0, 0.1) is 28.6 Å². The van der Waals surface area contributed by atoms with Crippen molar-refractivity contribution in [3.05, 3.63) is 23.3 Å². The Labute approximate surface area is 133 Å². The van der Waals surface area contributed by atoms with E-state index in [0.717, 1.165) is 19.3 Å². The Hall–Kier alpha value is -1.18. The zero-order valence-electron chi connectivity index (χ0n) is 13.9. The largest absolute Gasteiger partial charge is 0.300 e. The standard InChI is InChI=1S/C20H26O2/c1-12-8-13-9-14(21)4-7-20(13,3)16-5-6-19(2)11-15(22)10-17(19)18(12)16/h8-9,16-18H,4-7,10-11H2,1-3H3/t16-,17-,18+,19+,20-/m0/s1. The number of fused-ring (bicyclic) bond motifs is 5. The van der Waals surface area contributed by atoms with Crippen LogP contribution in [0.3, 0.4) is 0 Å². The van der Waals surface area contributed by atoms with Crippen LogP contribution in [0.2, 0.25) is 0 Å². The third kappa shape index (κ3) is 1.79. The van der Waals surface area contributed by atoms with Crippen molar-refractivity contribution in [2.24, 2.45) is 28.6 Å². The monoisotopic (exact) mass is 298 g/mol. The number of carbonyl (C=O) groups is 2. The number of hydrogen-bond donors (Lipinski definition) is 0. The highest BCUT2D eigenvalue weighted by atomic mass is 16.1. The van der Waals surface area contributed by atoms with Gasteiger partial charge in [-0.05, 0) is 66.4 Å². The van der Waals surface area contributed by atoms with Crippen molar-refractivity contribution < 1.29 is 9.59 Å². The van der Waals surface area contributed by atoms with Crippen LogP contribution in [-0.2, 0) is 9.59 Å². The Morgan fingerprint density at radius 1 is 1.09 bits per heavy atom. The average molecular weight is 298 g/mol. The fraction of sp³-hybridized carbons (Fsp3) is 0.700. The third-order valence-corrected chi connectivity index (χ3v) is 7.43. The molecule has 0 amide bonds. The summed E-state index contributed by atoms with van der Waals surface area (Å²) < 4.78 is 0. The van der Waals surface area contributed by atoms with Crippen molar-refractivity contribution in [3.8, 4) is 0 Å². The van der Waals surface area contributed by atoms with Crippen molar-refractivity contribution in [3.63, 3.8) is 0 Å². The van der Waals surface area contributed by atoms with Crippen LogP contribution in [0.1, 0.15) is 59.3 Å². The van der Waals surface area contributed by atoms with Gasteiger partial charge in [0.15, 0.2) is 5.78 Å². The van der Waals surface area contributed by atoms with Gasteiger partial charge in [-0.2, -0.15) is 0 Å². The normalized spacial score (nSPS) is 47.3. The molecule has 22 heavy (non-hydrogen) atoms. The van der Waals surface area contributed by atoms with Crippen LogP contribution >= 0.6 is 0 Å². The van der Waals surface area contributed by atoms with Crippen LogP contribution in [0.5, 0.6) is 0 Å². The fourth-order valence-electron chi connectivity index (χ4n) is 6.16. The van der Waals surface area contributed by atoms with E-state index in [-0.39, 0.29) is 16.6 Å². The lowest BCUT2D eigenvalue weighted by Crippen LogP contribution is -2.48. The lowest BCUT2D eigenvalue weighted by atomic mass is 9.48. The second-order valence-electron chi connectivity index (χ2n) is 8.72. The van der Waals surface area contributed by atoms with Gasteiger partial charge in [0.1, 0.15) is 5.78 Å². The number of rotatable bonds is 0. The van der Waals surface area contributed by atoms with Crippen LogP contribution in [0.25, 0.3) is 0 Å². The van der Waals surface area contributed by atoms with Gasteiger partial charge >= 0.3 is 0 Å². The number of allylic oxidation sites excluding steroid dienone is 4. The maximum Gasteiger partial charge on any atom is 0.156 e. The average Bonchev–Trinajstić information content (AvgIpc) is 2.75. The number of hydrogen-bond acceptors (Lipinski definition) is 2. The van der Waals surface area contributed by atoms with Gasteiger partial charge in [-0.1, -0.05) is 25.5 Å². The van der Waals surface area contributed by atoms with Gasteiger partial charge in [0.25, 0.3) is 0 Å². The Balaban J connectivity index is 1.81. The molecule has 4 rings (SSSR count). The van der Waals surface area contributed by atoms with E-state index in [1.165, 1.54) is 24.0 Å². The van der Waals surface area contributed by atoms with E-state index in [1.54, 1.807) is 0 Å². The first kappa shape index (κ1) is 14.4. The minimum absolute atomic E-state index is 0.144. The molecular weight excluding hydrogens is 272 g/mol. The summed E-state index contributed by atoms with van der Waals surface area (Å²) in [6, 6.07) is 0. The Bertz CT molecular complexity index is 626. The van der Waals surface area contributed by atoms with Gasteiger partial charge in [0.2, 0.25) is 0 Å². The molecule has 118 valence electrons. The lowest BCUT2D eigenvalue weighted by molar-refractivity contribution is -0.118. The Kier molecular flexibility index (Phi) is 2.90. The first-order valence-electron chi connectivity index (χ1n) is 8.78. The maximum absolute atomic E-state index is 12.1. The third-order valence-electron chi connectivity index (χ3n) is 7.43. The highest BCUT2D eigenvalue weighted by molar-refractivity contribution is 5.92. The maximum atomic E-state index is 12.1. The summed E-state index contributed by atoms with van der Waals surface area (Å²) >= 11 is 0. The molecule has 0 heterocycles. The SMILES string of the molecule is CC1=CC2=CC(=O)CC[C@]2(C)[C@H]2CC[C@]3(C)CC(=O)C[C@H]3[C@H]12. The van der Waals surface area contributed by atoms with Gasteiger partial charge in [0, 0.05) is 19.3 Å². The molecule has 4 aliphatic carbocycles. The summed E-state index contributed by atoms with van der Waals surface area (Å²) in [5.41, 5.74) is 3.03. The Morgan fingerprint density at radius 3 is 2.64 bits per heavy atom. The van der Waals surface area contributed by atoms with E-state index >= 15 is 0 Å². The number of carbonyl (C=O) groups excluding carboxylic acids is 2. The van der Waals surface area contributed by atoms with E-state index < -0.39 is 0 Å². The van der Waals surface area contributed by atoms with Gasteiger partial charge in [-0.3, -0.25) is 9.59 Å². The van der Waals surface area contributed by atoms with Crippen molar-refractivity contribution in [2.45, 2.75) is 59.3 Å². The predicted octanol–water partition coefficient (Wildman–Crippen LogP) is 4.25. The smallest absolute Gasteiger partial charge is 0.156 e. The fourth-order valence-corrected chi connectivity index (χ4v) is 6.16. The van der Waals surface area contributed by atoms with E-state index in [0.29, 0.717) is 30.0 Å². The molecule has 0 radical (unpaired) electrons. The summed E-state index contributed by atoms with van der Waals surface area (Å²) in [5, 5.41) is 0. The van der Waals surface area contributed by atoms with Crippen molar-refractivity contribution in [2.75, 3.05) is 0 Å². The molecule has 0 saturated heterocycles. The van der Waals surface area contributed by atoms with Crippen LogP contribution in [0.4, 0.5) is 0 Å². The second kappa shape index (κ2) is 4.43. The molecule has 5 atom stereocenters. The highest BCUT2D eigenvalue weighted by Crippen LogP contribution is 2.64. The van der Waals surface area contributed by atoms with E-state index in [9.17, 15) is 9.59 Å². The topological polar surface area (TPSA) is 34.1 Å². The second-order valence-corrected chi connectivity index (χ2v) is 8.72. The molecule has 2 fully saturated rings. The van der Waals surface area contributed by atoms with E-state index in [4.69, 9.17) is 0 Å². The minimum atomic E-state index is 0.144. The Morgan fingerprint density at radius 2 is 1.86 bits per heavy atom. The minimum Gasteiger partial charge on any atom is -0.300 e. The zero-order chi connectivity index (χ0) is 15.7. The molecule has 0 aromatic carbocycles. The number of Topliss-reactive ketones (excluding diaryl/α,β-unsaturated/α-hetero) is 1. The van der Waals surface area contributed by atoms with Crippen LogP contribution in [0.15, 0.2) is 23.3 Å².